The Labute approximate surface area is 88.2 Å². The second-order valence-electron chi connectivity index (χ2n) is 2.91. The second kappa shape index (κ2) is 8.61. The molecule has 0 amide bonds. The molecule has 0 aromatic carbocycles. The van der Waals surface area contributed by atoms with E-state index in [4.69, 9.17) is 4.74 Å². The molecule has 0 N–H and O–H groups in total. The average Bonchev–Trinajstić information content (AvgIpc) is 2.47. The number of hydrogen-bond donors (Lipinski definition) is 0. The van der Waals surface area contributed by atoms with E-state index in [1.807, 2.05) is 19.9 Å². The second-order valence-corrected chi connectivity index (χ2v) is 2.91. The molecule has 1 aliphatic carbocycles. The zero-order valence-electron chi connectivity index (χ0n) is 9.84. The number of hydrogen-bond acceptors (Lipinski definition) is 1. The summed E-state index contributed by atoms with van der Waals surface area (Å²) < 4.78 is 5.14. The highest BCUT2D eigenvalue weighted by Crippen LogP contribution is 2.14. The summed E-state index contributed by atoms with van der Waals surface area (Å²) >= 11 is 0. The van der Waals surface area contributed by atoms with Crippen molar-refractivity contribution in [3.05, 3.63) is 35.6 Å². The molecule has 1 heteroatoms. The normalized spacial score (nSPS) is 14.6. The predicted molar refractivity (Wildman–Crippen MR) is 63.2 cm³/mol. The summed E-state index contributed by atoms with van der Waals surface area (Å²) in [6.07, 6.45) is 11.9. The summed E-state index contributed by atoms with van der Waals surface area (Å²) in [6.45, 7) is 6.20. The Morgan fingerprint density at radius 1 is 1.21 bits per heavy atom. The van der Waals surface area contributed by atoms with E-state index in [9.17, 15) is 0 Å². The van der Waals surface area contributed by atoms with Gasteiger partial charge < -0.3 is 4.74 Å². The summed E-state index contributed by atoms with van der Waals surface area (Å²) in [7, 11) is 1.71. The van der Waals surface area contributed by atoms with Crippen LogP contribution in [0, 0.1) is 0 Å². The molecule has 80 valence electrons. The Morgan fingerprint density at radius 3 is 2.50 bits per heavy atom. The molecular weight excluding hydrogens is 172 g/mol. The van der Waals surface area contributed by atoms with Crippen molar-refractivity contribution >= 4 is 0 Å². The quantitative estimate of drug-likeness (QED) is 0.653. The van der Waals surface area contributed by atoms with Crippen molar-refractivity contribution in [2.45, 2.75) is 40.0 Å². The van der Waals surface area contributed by atoms with Gasteiger partial charge in [-0.3, -0.25) is 0 Å². The van der Waals surface area contributed by atoms with Crippen molar-refractivity contribution in [3.63, 3.8) is 0 Å². The third kappa shape index (κ3) is 4.90. The molecule has 0 aromatic heterocycles. The average molecular weight is 194 g/mol. The number of ether oxygens (including phenoxy) is 1. The molecule has 0 atom stereocenters. The van der Waals surface area contributed by atoms with Crippen LogP contribution in [0.1, 0.15) is 40.0 Å². The SMILES string of the molecule is CC.CCCC1=CCC=C(OC)C=C1. The van der Waals surface area contributed by atoms with Gasteiger partial charge in [-0.05, 0) is 25.0 Å². The molecule has 0 spiro atoms. The van der Waals surface area contributed by atoms with Gasteiger partial charge in [0.05, 0.1) is 7.11 Å². The van der Waals surface area contributed by atoms with E-state index in [1.54, 1.807) is 7.11 Å². The van der Waals surface area contributed by atoms with E-state index in [0.29, 0.717) is 0 Å². The molecule has 0 heterocycles. The van der Waals surface area contributed by atoms with Crippen molar-refractivity contribution in [3.8, 4) is 0 Å². The molecule has 0 aromatic rings. The highest BCUT2D eigenvalue weighted by Gasteiger charge is 1.96. The van der Waals surface area contributed by atoms with E-state index in [2.05, 4.69) is 25.2 Å². The first-order valence-corrected chi connectivity index (χ1v) is 5.48. The maximum atomic E-state index is 5.14. The van der Waals surface area contributed by atoms with Crippen LogP contribution in [0.4, 0.5) is 0 Å². The maximum absolute atomic E-state index is 5.14. The highest BCUT2D eigenvalue weighted by atomic mass is 16.5. The van der Waals surface area contributed by atoms with Gasteiger partial charge in [-0.2, -0.15) is 0 Å². The topological polar surface area (TPSA) is 9.23 Å². The largest absolute Gasteiger partial charge is 0.497 e. The molecule has 0 bridgehead atoms. The minimum Gasteiger partial charge on any atom is -0.497 e. The minimum atomic E-state index is 0.970. The fourth-order valence-electron chi connectivity index (χ4n) is 1.28. The van der Waals surface area contributed by atoms with Crippen LogP contribution in [0.3, 0.4) is 0 Å². The van der Waals surface area contributed by atoms with Crippen LogP contribution in [0.15, 0.2) is 35.6 Å². The van der Waals surface area contributed by atoms with Gasteiger partial charge in [0.25, 0.3) is 0 Å². The third-order valence-electron chi connectivity index (χ3n) is 1.94. The lowest BCUT2D eigenvalue weighted by Gasteiger charge is -1.97. The first kappa shape index (κ1) is 13.0. The Bertz CT molecular complexity index is 221. The molecule has 1 nitrogen and oxygen atoms in total. The molecule has 1 aliphatic rings. The van der Waals surface area contributed by atoms with Crippen LogP contribution in [0.25, 0.3) is 0 Å². The van der Waals surface area contributed by atoms with E-state index < -0.39 is 0 Å². The van der Waals surface area contributed by atoms with Crippen molar-refractivity contribution in [1.29, 1.82) is 0 Å². The summed E-state index contributed by atoms with van der Waals surface area (Å²) in [5.41, 5.74) is 1.42. The Hall–Kier alpha value is -0.980. The van der Waals surface area contributed by atoms with Crippen LogP contribution in [0.2, 0.25) is 0 Å². The molecule has 0 saturated carbocycles. The monoisotopic (exact) mass is 194 g/mol. The molecule has 1 rings (SSSR count). The van der Waals surface area contributed by atoms with Crippen LogP contribution in [-0.4, -0.2) is 7.11 Å². The first-order chi connectivity index (χ1) is 6.86. The van der Waals surface area contributed by atoms with Crippen molar-refractivity contribution in [2.24, 2.45) is 0 Å². The van der Waals surface area contributed by atoms with Gasteiger partial charge in [-0.15, -0.1) is 0 Å². The highest BCUT2D eigenvalue weighted by molar-refractivity contribution is 5.29. The molecular formula is C13H22O. The molecule has 0 unspecified atom stereocenters. The zero-order valence-corrected chi connectivity index (χ0v) is 9.84. The summed E-state index contributed by atoms with van der Waals surface area (Å²) in [4.78, 5) is 0. The Balaban J connectivity index is 0.000000791. The van der Waals surface area contributed by atoms with E-state index in [-0.39, 0.29) is 0 Å². The lowest BCUT2D eigenvalue weighted by Crippen LogP contribution is -1.79. The first-order valence-electron chi connectivity index (χ1n) is 5.48. The predicted octanol–water partition coefficient (Wildman–Crippen LogP) is 4.23. The Kier molecular flexibility index (Phi) is 8.01. The fraction of sp³-hybridized carbons (Fsp3) is 0.538. The number of allylic oxidation sites excluding steroid dienone is 5. The van der Waals surface area contributed by atoms with E-state index in [1.165, 1.54) is 18.4 Å². The van der Waals surface area contributed by atoms with E-state index >= 15 is 0 Å². The maximum Gasteiger partial charge on any atom is 0.115 e. The van der Waals surface area contributed by atoms with Gasteiger partial charge >= 0.3 is 0 Å². The third-order valence-corrected chi connectivity index (χ3v) is 1.94. The fourth-order valence-corrected chi connectivity index (χ4v) is 1.28. The van der Waals surface area contributed by atoms with Gasteiger partial charge in [0, 0.05) is 0 Å². The summed E-state index contributed by atoms with van der Waals surface area (Å²) in [5.74, 6) is 0.970. The summed E-state index contributed by atoms with van der Waals surface area (Å²) in [5, 5.41) is 0. The standard InChI is InChI=1S/C11H16O.C2H6/c1-3-5-10-6-4-7-11(12-2)9-8-10;1-2/h6-9H,3-5H2,1-2H3;1-2H3. The molecule has 0 saturated heterocycles. The van der Waals surface area contributed by atoms with Gasteiger partial charge in [0.2, 0.25) is 0 Å². The zero-order chi connectivity index (χ0) is 10.8. The molecule has 14 heavy (non-hydrogen) atoms. The number of rotatable bonds is 3. The van der Waals surface area contributed by atoms with Gasteiger partial charge in [-0.1, -0.05) is 44.9 Å². The van der Waals surface area contributed by atoms with Gasteiger partial charge in [0.1, 0.15) is 5.76 Å². The lowest BCUT2D eigenvalue weighted by molar-refractivity contribution is 0.306. The number of methoxy groups -OCH3 is 1. The van der Waals surface area contributed by atoms with Crippen molar-refractivity contribution in [2.75, 3.05) is 7.11 Å². The smallest absolute Gasteiger partial charge is 0.115 e. The Morgan fingerprint density at radius 2 is 1.93 bits per heavy atom. The van der Waals surface area contributed by atoms with Crippen LogP contribution < -0.4 is 0 Å². The molecule has 0 fully saturated rings. The van der Waals surface area contributed by atoms with Gasteiger partial charge in [-0.25, -0.2) is 0 Å². The minimum absolute atomic E-state index is 0.970. The summed E-state index contributed by atoms with van der Waals surface area (Å²) in [6, 6.07) is 0. The van der Waals surface area contributed by atoms with Crippen LogP contribution >= 0.6 is 0 Å². The van der Waals surface area contributed by atoms with Gasteiger partial charge in [0.15, 0.2) is 0 Å². The van der Waals surface area contributed by atoms with Crippen molar-refractivity contribution in [1.82, 2.24) is 0 Å². The lowest BCUT2D eigenvalue weighted by atomic mass is 10.1. The van der Waals surface area contributed by atoms with E-state index in [0.717, 1.165) is 12.2 Å². The van der Waals surface area contributed by atoms with Crippen LogP contribution in [0.5, 0.6) is 0 Å². The molecule has 0 radical (unpaired) electrons. The van der Waals surface area contributed by atoms with Crippen LogP contribution in [-0.2, 0) is 4.74 Å². The van der Waals surface area contributed by atoms with Crippen molar-refractivity contribution < 1.29 is 4.74 Å². The molecule has 0 aliphatic heterocycles.